The van der Waals surface area contributed by atoms with E-state index >= 15 is 0 Å². The highest BCUT2D eigenvalue weighted by atomic mass is 32.1. The van der Waals surface area contributed by atoms with Crippen molar-refractivity contribution in [3.05, 3.63) is 22.4 Å². The summed E-state index contributed by atoms with van der Waals surface area (Å²) in [4.78, 5) is 4.35. The molecular weight excluding hydrogens is 266 g/mol. The van der Waals surface area contributed by atoms with E-state index in [1.165, 1.54) is 31.2 Å². The van der Waals surface area contributed by atoms with E-state index in [4.69, 9.17) is 0 Å². The molecule has 4 heteroatoms. The molecule has 0 saturated heterocycles. The smallest absolute Gasteiger partial charge is 0.191 e. The van der Waals surface area contributed by atoms with E-state index in [0.717, 1.165) is 18.4 Å². The maximum absolute atomic E-state index is 4.35. The van der Waals surface area contributed by atoms with E-state index in [2.05, 4.69) is 46.3 Å². The molecule has 1 unspecified atom stereocenters. The van der Waals surface area contributed by atoms with Gasteiger partial charge in [0.25, 0.3) is 0 Å². The minimum absolute atomic E-state index is 0.520. The Labute approximate surface area is 126 Å². The van der Waals surface area contributed by atoms with Crippen LogP contribution >= 0.6 is 11.3 Å². The fourth-order valence-corrected chi connectivity index (χ4v) is 3.50. The van der Waals surface area contributed by atoms with Gasteiger partial charge in [-0.05, 0) is 59.9 Å². The summed E-state index contributed by atoms with van der Waals surface area (Å²) in [6, 6.07) is 2.80. The van der Waals surface area contributed by atoms with E-state index in [9.17, 15) is 0 Å². The van der Waals surface area contributed by atoms with Gasteiger partial charge in [-0.2, -0.15) is 11.3 Å². The summed E-state index contributed by atoms with van der Waals surface area (Å²) in [5.74, 6) is 2.36. The summed E-state index contributed by atoms with van der Waals surface area (Å²) in [5, 5.41) is 11.4. The summed E-state index contributed by atoms with van der Waals surface area (Å²) in [6.07, 6.45) is 5.20. The molecule has 1 aliphatic rings. The first-order valence-corrected chi connectivity index (χ1v) is 8.62. The van der Waals surface area contributed by atoms with Crippen LogP contribution in [-0.2, 0) is 0 Å². The molecule has 20 heavy (non-hydrogen) atoms. The summed E-state index contributed by atoms with van der Waals surface area (Å²) < 4.78 is 0. The molecule has 2 N–H and O–H groups in total. The van der Waals surface area contributed by atoms with Crippen molar-refractivity contribution in [1.29, 1.82) is 0 Å². The van der Waals surface area contributed by atoms with Gasteiger partial charge in [0.05, 0.1) is 0 Å². The Kier molecular flexibility index (Phi) is 5.89. The zero-order chi connectivity index (χ0) is 14.4. The van der Waals surface area contributed by atoms with Gasteiger partial charge < -0.3 is 10.6 Å². The third-order valence-electron chi connectivity index (χ3n) is 4.27. The molecule has 1 heterocycles. The first-order chi connectivity index (χ1) is 9.69. The fourth-order valence-electron chi connectivity index (χ4n) is 2.72. The van der Waals surface area contributed by atoms with Crippen LogP contribution in [0.3, 0.4) is 0 Å². The van der Waals surface area contributed by atoms with Crippen LogP contribution in [0.25, 0.3) is 0 Å². The zero-order valence-electron chi connectivity index (χ0n) is 12.9. The molecule has 0 amide bonds. The average Bonchev–Trinajstić information content (AvgIpc) is 2.99. The predicted octanol–water partition coefficient (Wildman–Crippen LogP) is 3.60. The lowest BCUT2D eigenvalue weighted by atomic mass is 9.87. The van der Waals surface area contributed by atoms with Crippen molar-refractivity contribution < 1.29 is 0 Å². The van der Waals surface area contributed by atoms with Gasteiger partial charge in [-0.15, -0.1) is 0 Å². The number of thiophene rings is 1. The molecular formula is C16H27N3S. The van der Waals surface area contributed by atoms with Crippen molar-refractivity contribution in [3.63, 3.8) is 0 Å². The summed E-state index contributed by atoms with van der Waals surface area (Å²) in [6.45, 7) is 5.54. The van der Waals surface area contributed by atoms with Crippen LogP contribution in [0.4, 0.5) is 0 Å². The lowest BCUT2D eigenvalue weighted by molar-refractivity contribution is 0.329. The summed E-state index contributed by atoms with van der Waals surface area (Å²) in [5.41, 5.74) is 1.41. The van der Waals surface area contributed by atoms with Crippen molar-refractivity contribution >= 4 is 17.3 Å². The van der Waals surface area contributed by atoms with Crippen LogP contribution in [0.15, 0.2) is 21.8 Å². The number of nitrogens with one attached hydrogen (secondary N) is 2. The maximum Gasteiger partial charge on any atom is 0.191 e. The third-order valence-corrected chi connectivity index (χ3v) is 4.97. The van der Waals surface area contributed by atoms with Gasteiger partial charge in [0.2, 0.25) is 0 Å². The molecule has 1 aromatic rings. The van der Waals surface area contributed by atoms with Gasteiger partial charge in [0.1, 0.15) is 0 Å². The molecule has 1 fully saturated rings. The van der Waals surface area contributed by atoms with Crippen molar-refractivity contribution in [2.75, 3.05) is 13.6 Å². The molecule has 0 bridgehead atoms. The first kappa shape index (κ1) is 15.4. The minimum Gasteiger partial charge on any atom is -0.356 e. The minimum atomic E-state index is 0.520. The number of nitrogens with zero attached hydrogens (tertiary/aromatic N) is 1. The molecule has 3 nitrogen and oxygen atoms in total. The second-order valence-corrected chi connectivity index (χ2v) is 6.79. The molecule has 0 aliphatic heterocycles. The highest BCUT2D eigenvalue weighted by molar-refractivity contribution is 7.07. The molecule has 1 saturated carbocycles. The van der Waals surface area contributed by atoms with Crippen molar-refractivity contribution in [2.45, 2.75) is 51.5 Å². The standard InChI is InChI=1S/C16H27N3S/c1-12-4-6-15(7-5-12)19-16(17-3)18-10-13(2)14-8-9-20-11-14/h8-9,11-13,15H,4-7,10H2,1-3H3,(H2,17,18,19). The number of hydrogen-bond acceptors (Lipinski definition) is 2. The topological polar surface area (TPSA) is 36.4 Å². The van der Waals surface area contributed by atoms with Crippen LogP contribution in [0, 0.1) is 5.92 Å². The van der Waals surface area contributed by atoms with Gasteiger partial charge in [-0.1, -0.05) is 13.8 Å². The van der Waals surface area contributed by atoms with E-state index in [1.807, 2.05) is 7.05 Å². The number of rotatable bonds is 4. The Morgan fingerprint density at radius 1 is 1.40 bits per heavy atom. The lowest BCUT2D eigenvalue weighted by Crippen LogP contribution is -2.45. The number of hydrogen-bond donors (Lipinski definition) is 2. The Morgan fingerprint density at radius 3 is 2.75 bits per heavy atom. The molecule has 2 rings (SSSR count). The predicted molar refractivity (Wildman–Crippen MR) is 88.7 cm³/mol. The molecule has 1 aliphatic carbocycles. The van der Waals surface area contributed by atoms with Gasteiger partial charge >= 0.3 is 0 Å². The number of guanidine groups is 1. The molecule has 0 radical (unpaired) electrons. The second-order valence-electron chi connectivity index (χ2n) is 6.01. The number of aliphatic imine (C=N–C) groups is 1. The Balaban J connectivity index is 1.75. The molecule has 0 aromatic carbocycles. The van der Waals surface area contributed by atoms with Crippen molar-refractivity contribution in [1.82, 2.24) is 10.6 Å². The molecule has 112 valence electrons. The normalized spacial score (nSPS) is 25.2. The summed E-state index contributed by atoms with van der Waals surface area (Å²) in [7, 11) is 1.86. The van der Waals surface area contributed by atoms with Gasteiger partial charge in [0, 0.05) is 19.6 Å². The van der Waals surface area contributed by atoms with Crippen molar-refractivity contribution in [3.8, 4) is 0 Å². The Bertz CT molecular complexity index is 405. The molecule has 1 atom stereocenters. The van der Waals surface area contributed by atoms with Gasteiger partial charge in [-0.3, -0.25) is 4.99 Å². The second kappa shape index (κ2) is 7.67. The Hall–Kier alpha value is -1.03. The quantitative estimate of drug-likeness (QED) is 0.657. The van der Waals surface area contributed by atoms with E-state index in [1.54, 1.807) is 11.3 Å². The lowest BCUT2D eigenvalue weighted by Gasteiger charge is -2.28. The zero-order valence-corrected chi connectivity index (χ0v) is 13.7. The van der Waals surface area contributed by atoms with Crippen molar-refractivity contribution in [2.24, 2.45) is 10.9 Å². The average molecular weight is 293 g/mol. The molecule has 1 aromatic heterocycles. The van der Waals surface area contributed by atoms with Crippen LogP contribution in [-0.4, -0.2) is 25.6 Å². The van der Waals surface area contributed by atoms with Crippen LogP contribution in [0.5, 0.6) is 0 Å². The van der Waals surface area contributed by atoms with Crippen LogP contribution in [0.2, 0.25) is 0 Å². The van der Waals surface area contributed by atoms with Gasteiger partial charge in [-0.25, -0.2) is 0 Å². The summed E-state index contributed by atoms with van der Waals surface area (Å²) >= 11 is 1.76. The van der Waals surface area contributed by atoms with E-state index in [0.29, 0.717) is 12.0 Å². The third kappa shape index (κ3) is 4.51. The monoisotopic (exact) mass is 293 g/mol. The maximum atomic E-state index is 4.35. The van der Waals surface area contributed by atoms with E-state index in [-0.39, 0.29) is 0 Å². The van der Waals surface area contributed by atoms with Crippen LogP contribution < -0.4 is 10.6 Å². The first-order valence-electron chi connectivity index (χ1n) is 7.68. The SMILES string of the molecule is CN=C(NCC(C)c1ccsc1)NC1CCC(C)CC1. The van der Waals surface area contributed by atoms with Crippen LogP contribution in [0.1, 0.15) is 51.0 Å². The van der Waals surface area contributed by atoms with Gasteiger partial charge in [0.15, 0.2) is 5.96 Å². The largest absolute Gasteiger partial charge is 0.356 e. The highest BCUT2D eigenvalue weighted by Crippen LogP contribution is 2.23. The molecule has 0 spiro atoms. The Morgan fingerprint density at radius 2 is 2.15 bits per heavy atom. The highest BCUT2D eigenvalue weighted by Gasteiger charge is 2.19. The fraction of sp³-hybridized carbons (Fsp3) is 0.688. The van der Waals surface area contributed by atoms with E-state index < -0.39 is 0 Å².